The van der Waals surface area contributed by atoms with Crippen LogP contribution in [0.4, 0.5) is 4.79 Å². The molecule has 5 heteroatoms. The van der Waals surface area contributed by atoms with Crippen molar-refractivity contribution in [3.63, 3.8) is 0 Å². The van der Waals surface area contributed by atoms with Crippen LogP contribution >= 0.6 is 0 Å². The molecule has 1 saturated carbocycles. The van der Waals surface area contributed by atoms with Gasteiger partial charge in [-0.25, -0.2) is 4.79 Å². The van der Waals surface area contributed by atoms with Gasteiger partial charge in [-0.1, -0.05) is 12.8 Å². The van der Waals surface area contributed by atoms with Crippen molar-refractivity contribution in [2.45, 2.75) is 31.7 Å². The van der Waals surface area contributed by atoms with Crippen LogP contribution in [-0.2, 0) is 4.74 Å². The Balaban J connectivity index is 1.53. The minimum Gasteiger partial charge on any atom is -0.379 e. The summed E-state index contributed by atoms with van der Waals surface area (Å²) in [6.45, 7) is 5.22. The van der Waals surface area contributed by atoms with Crippen LogP contribution in [0.1, 0.15) is 25.7 Å². The highest BCUT2D eigenvalue weighted by atomic mass is 16.5. The van der Waals surface area contributed by atoms with Gasteiger partial charge in [0.2, 0.25) is 0 Å². The Morgan fingerprint density at radius 2 is 1.94 bits per heavy atom. The molecule has 17 heavy (non-hydrogen) atoms. The van der Waals surface area contributed by atoms with Crippen LogP contribution in [0.5, 0.6) is 0 Å². The average molecular weight is 241 g/mol. The third-order valence-corrected chi connectivity index (χ3v) is 3.51. The summed E-state index contributed by atoms with van der Waals surface area (Å²) in [7, 11) is 0. The first-order valence-electron chi connectivity index (χ1n) is 6.69. The van der Waals surface area contributed by atoms with Crippen molar-refractivity contribution in [2.75, 3.05) is 39.4 Å². The van der Waals surface area contributed by atoms with Gasteiger partial charge < -0.3 is 15.4 Å². The first kappa shape index (κ1) is 12.6. The molecule has 2 fully saturated rings. The molecule has 0 aromatic heterocycles. The minimum absolute atomic E-state index is 0.00911. The van der Waals surface area contributed by atoms with E-state index < -0.39 is 0 Å². The van der Waals surface area contributed by atoms with Gasteiger partial charge in [-0.3, -0.25) is 4.90 Å². The molecule has 2 rings (SSSR count). The Hall–Kier alpha value is -0.810. The van der Waals surface area contributed by atoms with Crippen LogP contribution in [0.3, 0.4) is 0 Å². The number of carbonyl (C=O) groups excluding carboxylic acids is 1. The zero-order chi connectivity index (χ0) is 11.9. The summed E-state index contributed by atoms with van der Waals surface area (Å²) in [5.74, 6) is 0. The minimum atomic E-state index is -0.00911. The maximum absolute atomic E-state index is 11.6. The van der Waals surface area contributed by atoms with Gasteiger partial charge in [0.15, 0.2) is 0 Å². The van der Waals surface area contributed by atoms with E-state index in [2.05, 4.69) is 15.5 Å². The van der Waals surface area contributed by atoms with Crippen molar-refractivity contribution in [1.82, 2.24) is 15.5 Å². The predicted molar refractivity (Wildman–Crippen MR) is 66.0 cm³/mol. The standard InChI is InChI=1S/C12H23N3O2/c16-12(14-11-3-1-2-4-11)13-5-6-15-7-9-17-10-8-15/h11H,1-10H2,(H2,13,14,16). The molecule has 1 aliphatic heterocycles. The second-order valence-corrected chi connectivity index (χ2v) is 4.84. The van der Waals surface area contributed by atoms with Crippen molar-refractivity contribution in [2.24, 2.45) is 0 Å². The largest absolute Gasteiger partial charge is 0.379 e. The number of urea groups is 1. The molecule has 98 valence electrons. The molecule has 0 aromatic rings. The Bertz CT molecular complexity index is 236. The fourth-order valence-electron chi connectivity index (χ4n) is 2.46. The number of nitrogens with one attached hydrogen (secondary N) is 2. The number of rotatable bonds is 4. The lowest BCUT2D eigenvalue weighted by Crippen LogP contribution is -2.45. The number of amides is 2. The molecule has 2 N–H and O–H groups in total. The summed E-state index contributed by atoms with van der Waals surface area (Å²) in [5.41, 5.74) is 0. The summed E-state index contributed by atoms with van der Waals surface area (Å²) in [6.07, 6.45) is 4.77. The van der Waals surface area contributed by atoms with Gasteiger partial charge in [-0.05, 0) is 12.8 Å². The smallest absolute Gasteiger partial charge is 0.315 e. The third-order valence-electron chi connectivity index (χ3n) is 3.51. The summed E-state index contributed by atoms with van der Waals surface area (Å²) >= 11 is 0. The monoisotopic (exact) mass is 241 g/mol. The predicted octanol–water partition coefficient (Wildman–Crippen LogP) is 0.560. The van der Waals surface area contributed by atoms with Crippen molar-refractivity contribution in [1.29, 1.82) is 0 Å². The molecule has 2 amide bonds. The van der Waals surface area contributed by atoms with E-state index in [-0.39, 0.29) is 6.03 Å². The molecule has 0 unspecified atom stereocenters. The van der Waals surface area contributed by atoms with E-state index in [0.29, 0.717) is 6.04 Å². The molecule has 1 saturated heterocycles. The van der Waals surface area contributed by atoms with Crippen LogP contribution in [0.15, 0.2) is 0 Å². The van der Waals surface area contributed by atoms with E-state index >= 15 is 0 Å². The summed E-state index contributed by atoms with van der Waals surface area (Å²) in [6, 6.07) is 0.392. The highest BCUT2D eigenvalue weighted by Crippen LogP contribution is 2.17. The first-order valence-corrected chi connectivity index (χ1v) is 6.69. The van der Waals surface area contributed by atoms with Gasteiger partial charge in [-0.2, -0.15) is 0 Å². The Labute approximate surface area is 103 Å². The zero-order valence-corrected chi connectivity index (χ0v) is 10.4. The molecule has 0 atom stereocenters. The quantitative estimate of drug-likeness (QED) is 0.756. The summed E-state index contributed by atoms with van der Waals surface area (Å²) in [4.78, 5) is 13.9. The number of morpholine rings is 1. The Morgan fingerprint density at radius 3 is 2.65 bits per heavy atom. The number of nitrogens with zero attached hydrogens (tertiary/aromatic N) is 1. The Kier molecular flexibility index (Phi) is 5.07. The molecular formula is C12H23N3O2. The lowest BCUT2D eigenvalue weighted by atomic mass is 10.2. The number of ether oxygens (including phenoxy) is 1. The van der Waals surface area contributed by atoms with Crippen molar-refractivity contribution in [3.05, 3.63) is 0 Å². The van der Waals surface area contributed by atoms with E-state index in [1.165, 1.54) is 12.8 Å². The molecule has 0 spiro atoms. The van der Waals surface area contributed by atoms with Gasteiger partial charge >= 0.3 is 6.03 Å². The van der Waals surface area contributed by atoms with E-state index in [1.807, 2.05) is 0 Å². The fraction of sp³-hybridized carbons (Fsp3) is 0.917. The van der Waals surface area contributed by atoms with Crippen LogP contribution in [-0.4, -0.2) is 56.4 Å². The zero-order valence-electron chi connectivity index (χ0n) is 10.4. The number of hydrogen-bond acceptors (Lipinski definition) is 3. The van der Waals surface area contributed by atoms with Crippen molar-refractivity contribution < 1.29 is 9.53 Å². The molecule has 0 radical (unpaired) electrons. The Morgan fingerprint density at radius 1 is 1.24 bits per heavy atom. The third kappa shape index (κ3) is 4.52. The highest BCUT2D eigenvalue weighted by molar-refractivity contribution is 5.74. The summed E-state index contributed by atoms with van der Waals surface area (Å²) in [5, 5.41) is 5.95. The molecule has 5 nitrogen and oxygen atoms in total. The maximum atomic E-state index is 11.6. The number of hydrogen-bond donors (Lipinski definition) is 2. The maximum Gasteiger partial charge on any atom is 0.315 e. The lowest BCUT2D eigenvalue weighted by molar-refractivity contribution is 0.0387. The highest BCUT2D eigenvalue weighted by Gasteiger charge is 2.17. The average Bonchev–Trinajstić information content (AvgIpc) is 2.83. The topological polar surface area (TPSA) is 53.6 Å². The van der Waals surface area contributed by atoms with Crippen LogP contribution in [0.25, 0.3) is 0 Å². The molecule has 0 aromatic carbocycles. The fourth-order valence-corrected chi connectivity index (χ4v) is 2.46. The van der Waals surface area contributed by atoms with Crippen molar-refractivity contribution in [3.8, 4) is 0 Å². The van der Waals surface area contributed by atoms with Crippen LogP contribution < -0.4 is 10.6 Å². The van der Waals surface area contributed by atoms with Crippen molar-refractivity contribution >= 4 is 6.03 Å². The second-order valence-electron chi connectivity index (χ2n) is 4.84. The second kappa shape index (κ2) is 6.81. The van der Waals surface area contributed by atoms with E-state index in [9.17, 15) is 4.79 Å². The van der Waals surface area contributed by atoms with E-state index in [4.69, 9.17) is 4.74 Å². The molecule has 2 aliphatic rings. The molecule has 1 heterocycles. The van der Waals surface area contributed by atoms with Gasteiger partial charge in [-0.15, -0.1) is 0 Å². The normalized spacial score (nSPS) is 22.6. The van der Waals surface area contributed by atoms with Crippen LogP contribution in [0.2, 0.25) is 0 Å². The van der Waals surface area contributed by atoms with Gasteiger partial charge in [0.25, 0.3) is 0 Å². The van der Waals surface area contributed by atoms with E-state index in [0.717, 1.165) is 52.2 Å². The van der Waals surface area contributed by atoms with E-state index in [1.54, 1.807) is 0 Å². The summed E-state index contributed by atoms with van der Waals surface area (Å²) < 4.78 is 5.27. The number of carbonyl (C=O) groups is 1. The van der Waals surface area contributed by atoms with Gasteiger partial charge in [0, 0.05) is 32.2 Å². The lowest BCUT2D eigenvalue weighted by Gasteiger charge is -2.26. The van der Waals surface area contributed by atoms with Gasteiger partial charge in [0.1, 0.15) is 0 Å². The first-order chi connectivity index (χ1) is 8.34. The SMILES string of the molecule is O=C(NCCN1CCOCC1)NC1CCCC1. The molecular weight excluding hydrogens is 218 g/mol. The van der Waals surface area contributed by atoms with Gasteiger partial charge in [0.05, 0.1) is 13.2 Å². The van der Waals surface area contributed by atoms with Crippen LogP contribution in [0, 0.1) is 0 Å². The molecule has 0 bridgehead atoms. The molecule has 1 aliphatic carbocycles.